The summed E-state index contributed by atoms with van der Waals surface area (Å²) >= 11 is 0. The van der Waals surface area contributed by atoms with Gasteiger partial charge in [0, 0.05) is 11.5 Å². The predicted molar refractivity (Wildman–Crippen MR) is 133 cm³/mol. The van der Waals surface area contributed by atoms with Crippen LogP contribution in [0, 0.1) is 52.3 Å². The summed E-state index contributed by atoms with van der Waals surface area (Å²) in [4.78, 5) is 12.0. The van der Waals surface area contributed by atoms with Crippen LogP contribution >= 0.6 is 0 Å². The lowest BCUT2D eigenvalue weighted by molar-refractivity contribution is -0.126. The van der Waals surface area contributed by atoms with Gasteiger partial charge in [0.25, 0.3) is 0 Å². The van der Waals surface area contributed by atoms with E-state index in [9.17, 15) is 4.79 Å². The largest absolute Gasteiger partial charge is 0.349 e. The van der Waals surface area contributed by atoms with Gasteiger partial charge in [0.15, 0.2) is 0 Å². The molecule has 1 amide bonds. The molecule has 2 nitrogen and oxygen atoms in total. The molecule has 6 unspecified atom stereocenters. The van der Waals surface area contributed by atoms with E-state index < -0.39 is 0 Å². The monoisotopic (exact) mass is 429 g/mol. The Morgan fingerprint density at radius 3 is 2.45 bits per heavy atom. The first kappa shape index (κ1) is 24.8. The van der Waals surface area contributed by atoms with Crippen LogP contribution < -0.4 is 5.32 Å². The Bertz CT molecular complexity index is 653. The Hall–Kier alpha value is -0.790. The van der Waals surface area contributed by atoms with Gasteiger partial charge in [-0.1, -0.05) is 80.7 Å². The summed E-state index contributed by atoms with van der Waals surface area (Å²) in [5.74, 6) is 5.93. The van der Waals surface area contributed by atoms with Gasteiger partial charge < -0.3 is 5.32 Å². The topological polar surface area (TPSA) is 29.1 Å². The zero-order chi connectivity index (χ0) is 23.0. The molecule has 2 heteroatoms. The molecule has 178 valence electrons. The second-order valence-corrected chi connectivity index (χ2v) is 12.3. The Balaban J connectivity index is 0.00000132. The first-order valence-electron chi connectivity index (χ1n) is 13.7. The molecule has 0 saturated heterocycles. The van der Waals surface area contributed by atoms with E-state index in [2.05, 4.69) is 52.9 Å². The van der Waals surface area contributed by atoms with Crippen molar-refractivity contribution in [1.29, 1.82) is 0 Å². The zero-order valence-electron chi connectivity index (χ0n) is 21.8. The van der Waals surface area contributed by atoms with Crippen LogP contribution in [0.3, 0.4) is 0 Å². The van der Waals surface area contributed by atoms with Crippen molar-refractivity contribution in [3.8, 4) is 0 Å². The van der Waals surface area contributed by atoms with Crippen LogP contribution in [0.4, 0.5) is 0 Å². The number of carbonyl (C=O) groups excluding carboxylic acids is 1. The van der Waals surface area contributed by atoms with E-state index in [0.29, 0.717) is 11.5 Å². The van der Waals surface area contributed by atoms with Gasteiger partial charge in [0.2, 0.25) is 5.91 Å². The summed E-state index contributed by atoms with van der Waals surface area (Å²) in [6.07, 6.45) is 15.1. The third kappa shape index (κ3) is 4.39. The van der Waals surface area contributed by atoms with Crippen LogP contribution in [0.5, 0.6) is 0 Å². The molecule has 4 rings (SSSR count). The van der Waals surface area contributed by atoms with Gasteiger partial charge in [-0.2, -0.15) is 0 Å². The minimum Gasteiger partial charge on any atom is -0.349 e. The number of carbonyl (C=O) groups is 1. The quantitative estimate of drug-likeness (QED) is 0.478. The van der Waals surface area contributed by atoms with E-state index in [0.717, 1.165) is 47.8 Å². The highest BCUT2D eigenvalue weighted by Gasteiger charge is 2.61. The molecule has 1 aliphatic heterocycles. The number of amides is 1. The lowest BCUT2D eigenvalue weighted by Gasteiger charge is -2.61. The summed E-state index contributed by atoms with van der Waals surface area (Å²) in [6, 6.07) is 0.341. The molecule has 3 fully saturated rings. The standard InChI is InChI=1S/C27H45NO.C2H6/c1-17(2)8-7-9-18(3)20-10-11-21-25-19(4)16-23-27(6,15-13-24(29)28-23)22(25)12-14-26(20,21)5;1-2/h13,15,17-23,25H,7-12,14,16H2,1-6H3,(H,28,29);1-2H3/t18?,19-,20?,21?,22?,23?,25?,26+,27+;/m0./s1. The molecule has 0 radical (unpaired) electrons. The molecule has 0 aromatic carbocycles. The molecule has 3 aliphatic carbocycles. The van der Waals surface area contributed by atoms with Crippen LogP contribution in [-0.4, -0.2) is 11.9 Å². The molecular formula is C29H51NO. The number of rotatable bonds is 5. The van der Waals surface area contributed by atoms with Crippen LogP contribution in [-0.2, 0) is 4.79 Å². The van der Waals surface area contributed by atoms with Gasteiger partial charge in [-0.25, -0.2) is 0 Å². The van der Waals surface area contributed by atoms with Crippen molar-refractivity contribution in [3.63, 3.8) is 0 Å². The third-order valence-corrected chi connectivity index (χ3v) is 10.3. The molecule has 9 atom stereocenters. The molecule has 1 N–H and O–H groups in total. The molecule has 4 aliphatic rings. The second-order valence-electron chi connectivity index (χ2n) is 12.3. The molecular weight excluding hydrogens is 378 g/mol. The highest BCUT2D eigenvalue weighted by Crippen LogP contribution is 2.67. The average molecular weight is 430 g/mol. The Kier molecular flexibility index (Phi) is 7.69. The molecule has 1 heterocycles. The van der Waals surface area contributed by atoms with E-state index in [-0.39, 0.29) is 11.3 Å². The molecule has 0 aromatic heterocycles. The number of hydrogen-bond donors (Lipinski definition) is 1. The lowest BCUT2D eigenvalue weighted by Crippen LogP contribution is -2.61. The van der Waals surface area contributed by atoms with Gasteiger partial charge in [-0.05, 0) is 85.0 Å². The van der Waals surface area contributed by atoms with Gasteiger partial charge in [0.1, 0.15) is 0 Å². The lowest BCUT2D eigenvalue weighted by atomic mass is 9.45. The van der Waals surface area contributed by atoms with Crippen molar-refractivity contribution in [3.05, 3.63) is 12.2 Å². The minimum atomic E-state index is 0.120. The van der Waals surface area contributed by atoms with Crippen LogP contribution in [0.1, 0.15) is 107 Å². The molecule has 0 spiro atoms. The van der Waals surface area contributed by atoms with Gasteiger partial charge in [-0.3, -0.25) is 4.79 Å². The minimum absolute atomic E-state index is 0.120. The van der Waals surface area contributed by atoms with Crippen molar-refractivity contribution in [2.75, 3.05) is 0 Å². The molecule has 31 heavy (non-hydrogen) atoms. The average Bonchev–Trinajstić information content (AvgIpc) is 3.08. The van der Waals surface area contributed by atoms with E-state index in [4.69, 9.17) is 0 Å². The number of nitrogens with one attached hydrogen (secondary N) is 1. The van der Waals surface area contributed by atoms with Crippen LogP contribution in [0.2, 0.25) is 0 Å². The third-order valence-electron chi connectivity index (χ3n) is 10.3. The maximum atomic E-state index is 12.0. The Morgan fingerprint density at radius 2 is 1.77 bits per heavy atom. The van der Waals surface area contributed by atoms with Crippen LogP contribution in [0.15, 0.2) is 12.2 Å². The van der Waals surface area contributed by atoms with Crippen molar-refractivity contribution < 1.29 is 4.79 Å². The summed E-state index contributed by atoms with van der Waals surface area (Å²) in [5.41, 5.74) is 0.699. The summed E-state index contributed by atoms with van der Waals surface area (Å²) < 4.78 is 0. The number of fused-ring (bicyclic) bond motifs is 5. The van der Waals surface area contributed by atoms with E-state index >= 15 is 0 Å². The highest BCUT2D eigenvalue weighted by atomic mass is 16.1. The fourth-order valence-electron chi connectivity index (χ4n) is 8.71. The second kappa shape index (κ2) is 9.60. The van der Waals surface area contributed by atoms with Crippen LogP contribution in [0.25, 0.3) is 0 Å². The van der Waals surface area contributed by atoms with Crippen molar-refractivity contribution >= 4 is 5.91 Å². The van der Waals surface area contributed by atoms with Gasteiger partial charge >= 0.3 is 0 Å². The molecule has 0 bridgehead atoms. The first-order chi connectivity index (χ1) is 14.7. The zero-order valence-corrected chi connectivity index (χ0v) is 21.8. The summed E-state index contributed by atoms with van der Waals surface area (Å²) in [6.45, 7) is 18.9. The van der Waals surface area contributed by atoms with Crippen molar-refractivity contribution in [1.82, 2.24) is 5.32 Å². The maximum absolute atomic E-state index is 12.0. The van der Waals surface area contributed by atoms with Gasteiger partial charge in [-0.15, -0.1) is 0 Å². The molecule has 0 aromatic rings. The normalized spacial score (nSPS) is 44.5. The molecule has 3 saturated carbocycles. The van der Waals surface area contributed by atoms with E-state index in [1.54, 1.807) is 0 Å². The smallest absolute Gasteiger partial charge is 0.243 e. The maximum Gasteiger partial charge on any atom is 0.243 e. The number of hydrogen-bond acceptors (Lipinski definition) is 1. The van der Waals surface area contributed by atoms with Crippen molar-refractivity contribution in [2.24, 2.45) is 52.3 Å². The van der Waals surface area contributed by atoms with E-state index in [1.807, 2.05) is 19.9 Å². The summed E-state index contributed by atoms with van der Waals surface area (Å²) in [7, 11) is 0. The SMILES string of the molecule is CC.CC(C)CCCC(C)C1CCC2C3C(CC[C@]12C)[C@@]1(C)C=CC(=O)NC1C[C@@H]3C. The Labute approximate surface area is 193 Å². The fraction of sp³-hybridized carbons (Fsp3) is 0.897. The van der Waals surface area contributed by atoms with Crippen molar-refractivity contribution in [2.45, 2.75) is 113 Å². The first-order valence-corrected chi connectivity index (χ1v) is 13.7. The fourth-order valence-corrected chi connectivity index (χ4v) is 8.71. The highest BCUT2D eigenvalue weighted by molar-refractivity contribution is 5.89. The predicted octanol–water partition coefficient (Wildman–Crippen LogP) is 7.63. The van der Waals surface area contributed by atoms with E-state index in [1.165, 1.54) is 44.9 Å². The summed E-state index contributed by atoms with van der Waals surface area (Å²) in [5, 5.41) is 3.32. The Morgan fingerprint density at radius 1 is 1.06 bits per heavy atom. The van der Waals surface area contributed by atoms with Gasteiger partial charge in [0.05, 0.1) is 0 Å².